The van der Waals surface area contributed by atoms with Gasteiger partial charge < -0.3 is 10.1 Å². The number of methoxy groups -OCH3 is 1. The summed E-state index contributed by atoms with van der Waals surface area (Å²) in [5, 5.41) is 3.32. The molecule has 0 spiro atoms. The van der Waals surface area contributed by atoms with E-state index >= 15 is 0 Å². The number of carbonyl (C=O) groups is 1. The Bertz CT molecular complexity index is 926. The van der Waals surface area contributed by atoms with Gasteiger partial charge in [-0.15, -0.1) is 0 Å². The van der Waals surface area contributed by atoms with Crippen molar-refractivity contribution >= 4 is 33.2 Å². The third-order valence-electron chi connectivity index (χ3n) is 4.50. The minimum absolute atomic E-state index is 0.151. The number of nitrogens with zero attached hydrogens (tertiary/aromatic N) is 2. The second kappa shape index (κ2) is 8.91. The molecule has 1 amide bonds. The molecule has 28 heavy (non-hydrogen) atoms. The van der Waals surface area contributed by atoms with Gasteiger partial charge in [-0.1, -0.05) is 17.7 Å². The molecule has 0 saturated carbocycles. The number of halogens is 1. The van der Waals surface area contributed by atoms with E-state index in [0.29, 0.717) is 42.6 Å². The van der Waals surface area contributed by atoms with Crippen LogP contribution in [0.25, 0.3) is 0 Å². The molecule has 150 valence electrons. The summed E-state index contributed by atoms with van der Waals surface area (Å²) >= 11 is 5.83. The molecule has 2 aromatic carbocycles. The first-order valence-electron chi connectivity index (χ1n) is 8.80. The summed E-state index contributed by atoms with van der Waals surface area (Å²) in [7, 11) is -1.99. The summed E-state index contributed by atoms with van der Waals surface area (Å²) < 4.78 is 32.0. The molecule has 0 aliphatic carbocycles. The van der Waals surface area contributed by atoms with Crippen molar-refractivity contribution in [3.63, 3.8) is 0 Å². The fourth-order valence-electron chi connectivity index (χ4n) is 2.99. The molecule has 1 fully saturated rings. The Balaban J connectivity index is 1.53. The van der Waals surface area contributed by atoms with Gasteiger partial charge >= 0.3 is 0 Å². The van der Waals surface area contributed by atoms with Crippen molar-refractivity contribution in [2.24, 2.45) is 0 Å². The first-order valence-corrected chi connectivity index (χ1v) is 10.6. The third-order valence-corrected chi connectivity index (χ3v) is 6.67. The van der Waals surface area contributed by atoms with Crippen LogP contribution in [0.15, 0.2) is 53.4 Å². The molecule has 1 heterocycles. The molecule has 0 aromatic heterocycles. The molecular formula is C19H22ClN3O4S. The smallest absolute Gasteiger partial charge is 0.243 e. The van der Waals surface area contributed by atoms with Crippen molar-refractivity contribution in [1.29, 1.82) is 0 Å². The normalized spacial score (nSPS) is 15.9. The molecule has 0 unspecified atom stereocenters. The zero-order chi connectivity index (χ0) is 20.1. The molecule has 0 radical (unpaired) electrons. The van der Waals surface area contributed by atoms with Crippen LogP contribution in [0.4, 0.5) is 5.69 Å². The van der Waals surface area contributed by atoms with Gasteiger partial charge in [0.15, 0.2) is 0 Å². The number of rotatable bonds is 6. The van der Waals surface area contributed by atoms with Gasteiger partial charge in [0.1, 0.15) is 5.75 Å². The maximum absolute atomic E-state index is 12.7. The molecule has 9 heteroatoms. The predicted octanol–water partition coefficient (Wildman–Crippen LogP) is 2.29. The lowest BCUT2D eigenvalue weighted by Crippen LogP contribution is -2.50. The Morgan fingerprint density at radius 1 is 1.11 bits per heavy atom. The second-order valence-corrected chi connectivity index (χ2v) is 8.79. The summed E-state index contributed by atoms with van der Waals surface area (Å²) in [5.41, 5.74) is 0.660. The van der Waals surface area contributed by atoms with E-state index in [1.54, 1.807) is 43.5 Å². The summed E-state index contributed by atoms with van der Waals surface area (Å²) in [6, 6.07) is 13.3. The lowest BCUT2D eigenvalue weighted by Gasteiger charge is -2.33. The zero-order valence-electron chi connectivity index (χ0n) is 15.5. The number of piperazine rings is 1. The largest absolute Gasteiger partial charge is 0.497 e. The van der Waals surface area contributed by atoms with Crippen LogP contribution >= 0.6 is 11.6 Å². The Labute approximate surface area is 169 Å². The summed E-state index contributed by atoms with van der Waals surface area (Å²) in [5.74, 6) is 0.515. The van der Waals surface area contributed by atoms with Gasteiger partial charge in [-0.25, -0.2) is 8.42 Å². The number of benzene rings is 2. The Morgan fingerprint density at radius 2 is 1.79 bits per heavy atom. The van der Waals surface area contributed by atoms with Crippen molar-refractivity contribution in [2.75, 3.05) is 45.2 Å². The standard InChI is InChI=1S/C19H22ClN3O4S/c1-27-17-4-2-3-16(13-17)21-19(24)14-22-9-11-23(12-10-22)28(25,26)18-7-5-15(20)6-8-18/h2-8,13H,9-12,14H2,1H3,(H,21,24). The number of hydrogen-bond acceptors (Lipinski definition) is 5. The number of anilines is 1. The highest BCUT2D eigenvalue weighted by molar-refractivity contribution is 7.89. The Morgan fingerprint density at radius 3 is 2.43 bits per heavy atom. The summed E-state index contributed by atoms with van der Waals surface area (Å²) in [4.78, 5) is 14.4. The van der Waals surface area contributed by atoms with E-state index in [2.05, 4.69) is 5.32 Å². The SMILES string of the molecule is COc1cccc(NC(=O)CN2CCN(S(=O)(=O)c3ccc(Cl)cc3)CC2)c1. The second-order valence-electron chi connectivity index (χ2n) is 6.41. The third kappa shape index (κ3) is 5.02. The van der Waals surface area contributed by atoms with Gasteiger partial charge in [0.05, 0.1) is 18.6 Å². The molecule has 0 atom stereocenters. The van der Waals surface area contributed by atoms with Crippen LogP contribution in [-0.4, -0.2) is 63.4 Å². The molecule has 3 rings (SSSR count). The van der Waals surface area contributed by atoms with Gasteiger partial charge in [0.2, 0.25) is 15.9 Å². The van der Waals surface area contributed by atoms with E-state index in [1.165, 1.54) is 16.4 Å². The Hall–Kier alpha value is -2.13. The van der Waals surface area contributed by atoms with Crippen molar-refractivity contribution < 1.29 is 17.9 Å². The van der Waals surface area contributed by atoms with Crippen molar-refractivity contribution in [2.45, 2.75) is 4.90 Å². The van der Waals surface area contributed by atoms with Gasteiger partial charge in [-0.2, -0.15) is 4.31 Å². The van der Waals surface area contributed by atoms with Crippen LogP contribution in [0.5, 0.6) is 5.75 Å². The topological polar surface area (TPSA) is 79.0 Å². The number of ether oxygens (including phenoxy) is 1. The molecule has 1 aliphatic rings. The van der Waals surface area contributed by atoms with Gasteiger partial charge in [0.25, 0.3) is 0 Å². The van der Waals surface area contributed by atoms with Gasteiger partial charge in [-0.3, -0.25) is 9.69 Å². The average molecular weight is 424 g/mol. The molecular weight excluding hydrogens is 402 g/mol. The predicted molar refractivity (Wildman–Crippen MR) is 108 cm³/mol. The number of nitrogens with one attached hydrogen (secondary N) is 1. The number of carbonyl (C=O) groups excluding carboxylic acids is 1. The maximum Gasteiger partial charge on any atom is 0.243 e. The fourth-order valence-corrected chi connectivity index (χ4v) is 4.54. The lowest BCUT2D eigenvalue weighted by atomic mass is 10.3. The van der Waals surface area contributed by atoms with Gasteiger partial charge in [-0.05, 0) is 36.4 Å². The van der Waals surface area contributed by atoms with E-state index in [-0.39, 0.29) is 17.3 Å². The first-order chi connectivity index (χ1) is 13.4. The molecule has 2 aromatic rings. The summed E-state index contributed by atoms with van der Waals surface area (Å²) in [6.07, 6.45) is 0. The van der Waals surface area contributed by atoms with Crippen molar-refractivity contribution in [3.05, 3.63) is 53.6 Å². The highest BCUT2D eigenvalue weighted by atomic mass is 35.5. The van der Waals surface area contributed by atoms with Crippen LogP contribution < -0.4 is 10.1 Å². The van der Waals surface area contributed by atoms with Crippen LogP contribution in [0.2, 0.25) is 5.02 Å². The first kappa shape index (κ1) is 20.6. The maximum atomic E-state index is 12.7. The van der Waals surface area contributed by atoms with Gasteiger partial charge in [0, 0.05) is 43.0 Å². The Kier molecular flexibility index (Phi) is 6.56. The monoisotopic (exact) mass is 423 g/mol. The molecule has 1 N–H and O–H groups in total. The fraction of sp³-hybridized carbons (Fsp3) is 0.316. The molecule has 1 aliphatic heterocycles. The molecule has 7 nitrogen and oxygen atoms in total. The number of sulfonamides is 1. The van der Waals surface area contributed by atoms with E-state index in [9.17, 15) is 13.2 Å². The molecule has 0 bridgehead atoms. The highest BCUT2D eigenvalue weighted by Crippen LogP contribution is 2.20. The van der Waals surface area contributed by atoms with E-state index in [0.717, 1.165) is 0 Å². The average Bonchev–Trinajstić information content (AvgIpc) is 2.69. The quantitative estimate of drug-likeness (QED) is 0.771. The lowest BCUT2D eigenvalue weighted by molar-refractivity contribution is -0.117. The minimum Gasteiger partial charge on any atom is -0.497 e. The van der Waals surface area contributed by atoms with Crippen LogP contribution in [0.1, 0.15) is 0 Å². The highest BCUT2D eigenvalue weighted by Gasteiger charge is 2.29. The van der Waals surface area contributed by atoms with Crippen LogP contribution in [0, 0.1) is 0 Å². The minimum atomic E-state index is -3.55. The van der Waals surface area contributed by atoms with Crippen molar-refractivity contribution in [1.82, 2.24) is 9.21 Å². The van der Waals surface area contributed by atoms with E-state index in [1.807, 2.05) is 4.90 Å². The molecule has 1 saturated heterocycles. The van der Waals surface area contributed by atoms with Crippen LogP contribution in [0.3, 0.4) is 0 Å². The number of amides is 1. The van der Waals surface area contributed by atoms with Crippen molar-refractivity contribution in [3.8, 4) is 5.75 Å². The summed E-state index contributed by atoms with van der Waals surface area (Å²) in [6.45, 7) is 1.83. The van der Waals surface area contributed by atoms with E-state index in [4.69, 9.17) is 16.3 Å². The zero-order valence-corrected chi connectivity index (χ0v) is 17.0. The van der Waals surface area contributed by atoms with Crippen LogP contribution in [-0.2, 0) is 14.8 Å². The van der Waals surface area contributed by atoms with E-state index < -0.39 is 10.0 Å². The number of hydrogen-bond donors (Lipinski definition) is 1.